The van der Waals surface area contributed by atoms with E-state index in [9.17, 15) is 9.59 Å². The molecule has 19 heavy (non-hydrogen) atoms. The molecular weight excluding hydrogens is 266 g/mol. The largest absolute Gasteiger partial charge is 0.459 e. The first kappa shape index (κ1) is 13.3. The Morgan fingerprint density at radius 2 is 2.32 bits per heavy atom. The van der Waals surface area contributed by atoms with Crippen molar-refractivity contribution in [2.24, 2.45) is 12.0 Å². The number of hydrogen-bond acceptors (Lipinski definition) is 4. The summed E-state index contributed by atoms with van der Waals surface area (Å²) in [5.74, 6) is -0.670. The van der Waals surface area contributed by atoms with Crippen molar-refractivity contribution in [3.8, 4) is 0 Å². The fourth-order valence-electron chi connectivity index (χ4n) is 1.36. The van der Waals surface area contributed by atoms with E-state index in [1.165, 1.54) is 23.7 Å². The number of nitrogens with zero attached hydrogens (tertiary/aromatic N) is 2. The highest BCUT2D eigenvalue weighted by Crippen LogP contribution is 2.00. The first-order valence-electron chi connectivity index (χ1n) is 5.61. The maximum absolute atomic E-state index is 11.8. The van der Waals surface area contributed by atoms with Crippen LogP contribution in [-0.2, 0) is 11.8 Å². The Hall–Kier alpha value is -2.15. The SMILES string of the molecule is CC(NC(=O)c1ccco1)C(=O)N=c1sccn1C. The Morgan fingerprint density at radius 1 is 1.53 bits per heavy atom. The lowest BCUT2D eigenvalue weighted by atomic mass is 10.3. The minimum atomic E-state index is -0.709. The van der Waals surface area contributed by atoms with Crippen LogP contribution in [0.25, 0.3) is 0 Å². The fraction of sp³-hybridized carbons (Fsp3) is 0.250. The zero-order valence-corrected chi connectivity index (χ0v) is 11.3. The Bertz CT molecular complexity index is 639. The van der Waals surface area contributed by atoms with Crippen molar-refractivity contribution >= 4 is 23.2 Å². The molecule has 7 heteroatoms. The van der Waals surface area contributed by atoms with Crippen molar-refractivity contribution < 1.29 is 14.0 Å². The third-order valence-electron chi connectivity index (χ3n) is 2.43. The summed E-state index contributed by atoms with van der Waals surface area (Å²) in [4.78, 5) is 28.1. The van der Waals surface area contributed by atoms with Gasteiger partial charge in [0, 0.05) is 18.6 Å². The summed E-state index contributed by atoms with van der Waals surface area (Å²) in [6, 6.07) is 2.43. The second-order valence-corrected chi connectivity index (χ2v) is 4.79. The maximum atomic E-state index is 11.8. The highest BCUT2D eigenvalue weighted by Gasteiger charge is 2.17. The van der Waals surface area contributed by atoms with E-state index < -0.39 is 17.9 Å². The number of aryl methyl sites for hydroxylation is 1. The summed E-state index contributed by atoms with van der Waals surface area (Å²) < 4.78 is 6.68. The maximum Gasteiger partial charge on any atom is 0.287 e. The van der Waals surface area contributed by atoms with E-state index in [2.05, 4.69) is 10.3 Å². The normalized spacial score (nSPS) is 13.3. The summed E-state index contributed by atoms with van der Waals surface area (Å²) in [6.07, 6.45) is 3.21. The van der Waals surface area contributed by atoms with Crippen LogP contribution in [0.4, 0.5) is 0 Å². The number of furan rings is 1. The molecule has 0 bridgehead atoms. The number of thiazole rings is 1. The van der Waals surface area contributed by atoms with Gasteiger partial charge in [0.25, 0.3) is 11.8 Å². The molecule has 2 aromatic heterocycles. The van der Waals surface area contributed by atoms with Crippen LogP contribution < -0.4 is 10.1 Å². The number of nitrogens with one attached hydrogen (secondary N) is 1. The lowest BCUT2D eigenvalue weighted by Gasteiger charge is -2.08. The van der Waals surface area contributed by atoms with Crippen LogP contribution in [-0.4, -0.2) is 22.4 Å². The van der Waals surface area contributed by atoms with Gasteiger partial charge in [-0.2, -0.15) is 4.99 Å². The summed E-state index contributed by atoms with van der Waals surface area (Å²) in [6.45, 7) is 1.58. The minimum absolute atomic E-state index is 0.168. The van der Waals surface area contributed by atoms with Gasteiger partial charge in [0.15, 0.2) is 10.6 Å². The molecule has 0 aliphatic rings. The summed E-state index contributed by atoms with van der Waals surface area (Å²) in [7, 11) is 1.80. The average Bonchev–Trinajstić information content (AvgIpc) is 3.01. The molecule has 6 nitrogen and oxygen atoms in total. The van der Waals surface area contributed by atoms with Gasteiger partial charge < -0.3 is 14.3 Å². The van der Waals surface area contributed by atoms with Crippen LogP contribution in [0.15, 0.2) is 39.4 Å². The molecule has 0 aromatic carbocycles. The lowest BCUT2D eigenvalue weighted by Crippen LogP contribution is -2.38. The average molecular weight is 279 g/mol. The molecular formula is C12H13N3O3S. The van der Waals surface area contributed by atoms with Gasteiger partial charge in [-0.05, 0) is 19.1 Å². The van der Waals surface area contributed by atoms with E-state index in [1.807, 2.05) is 11.6 Å². The highest BCUT2D eigenvalue weighted by molar-refractivity contribution is 7.07. The molecule has 0 saturated heterocycles. The molecule has 1 atom stereocenters. The van der Waals surface area contributed by atoms with Crippen LogP contribution in [0.2, 0.25) is 0 Å². The lowest BCUT2D eigenvalue weighted by molar-refractivity contribution is -0.119. The van der Waals surface area contributed by atoms with Crippen LogP contribution in [0.1, 0.15) is 17.5 Å². The van der Waals surface area contributed by atoms with Crippen molar-refractivity contribution in [3.05, 3.63) is 40.5 Å². The van der Waals surface area contributed by atoms with Crippen LogP contribution in [0.5, 0.6) is 0 Å². The van der Waals surface area contributed by atoms with Gasteiger partial charge >= 0.3 is 0 Å². The highest BCUT2D eigenvalue weighted by atomic mass is 32.1. The van der Waals surface area contributed by atoms with Gasteiger partial charge in [0.2, 0.25) is 0 Å². The second kappa shape index (κ2) is 5.66. The van der Waals surface area contributed by atoms with Crippen molar-refractivity contribution in [3.63, 3.8) is 0 Å². The van der Waals surface area contributed by atoms with E-state index in [0.29, 0.717) is 4.80 Å². The molecule has 0 aliphatic heterocycles. The molecule has 0 fully saturated rings. The molecule has 2 heterocycles. The van der Waals surface area contributed by atoms with Gasteiger partial charge in [-0.3, -0.25) is 9.59 Å². The number of carbonyl (C=O) groups excluding carboxylic acids is 2. The predicted octanol–water partition coefficient (Wildman–Crippen LogP) is 0.925. The summed E-state index contributed by atoms with van der Waals surface area (Å²) in [5, 5.41) is 4.36. The van der Waals surface area contributed by atoms with E-state index in [-0.39, 0.29) is 5.76 Å². The monoisotopic (exact) mass is 279 g/mol. The Morgan fingerprint density at radius 3 is 2.89 bits per heavy atom. The first-order valence-corrected chi connectivity index (χ1v) is 6.49. The van der Waals surface area contributed by atoms with E-state index in [1.54, 1.807) is 24.6 Å². The second-order valence-electron chi connectivity index (χ2n) is 3.92. The first-order chi connectivity index (χ1) is 9.08. The van der Waals surface area contributed by atoms with Crippen molar-refractivity contribution in [2.45, 2.75) is 13.0 Å². The number of amides is 2. The Kier molecular flexibility index (Phi) is 3.96. The minimum Gasteiger partial charge on any atom is -0.459 e. The van der Waals surface area contributed by atoms with Crippen molar-refractivity contribution in [1.29, 1.82) is 0 Å². The number of hydrogen-bond donors (Lipinski definition) is 1. The standard InChI is InChI=1S/C12H13N3O3S/c1-8(13-11(17)9-4-3-6-18-9)10(16)14-12-15(2)5-7-19-12/h3-8H,1-2H3,(H,13,17). The van der Waals surface area contributed by atoms with Crippen LogP contribution in [0, 0.1) is 0 Å². The summed E-state index contributed by atoms with van der Waals surface area (Å²) >= 11 is 1.36. The third kappa shape index (κ3) is 3.19. The quantitative estimate of drug-likeness (QED) is 0.907. The topological polar surface area (TPSA) is 76.6 Å². The van der Waals surface area contributed by atoms with Gasteiger partial charge in [-0.1, -0.05) is 0 Å². The number of rotatable bonds is 3. The van der Waals surface area contributed by atoms with Crippen LogP contribution in [0.3, 0.4) is 0 Å². The molecule has 2 rings (SSSR count). The molecule has 0 aliphatic carbocycles. The van der Waals surface area contributed by atoms with Gasteiger partial charge in [-0.25, -0.2) is 0 Å². The van der Waals surface area contributed by atoms with Crippen molar-refractivity contribution in [1.82, 2.24) is 9.88 Å². The zero-order valence-electron chi connectivity index (χ0n) is 10.5. The van der Waals surface area contributed by atoms with Crippen LogP contribution >= 0.6 is 11.3 Å². The zero-order chi connectivity index (χ0) is 13.8. The van der Waals surface area contributed by atoms with E-state index >= 15 is 0 Å². The van der Waals surface area contributed by atoms with Gasteiger partial charge in [0.1, 0.15) is 6.04 Å². The van der Waals surface area contributed by atoms with E-state index in [0.717, 1.165) is 0 Å². The molecule has 0 spiro atoms. The predicted molar refractivity (Wildman–Crippen MR) is 69.5 cm³/mol. The molecule has 2 amide bonds. The Labute approximate surface area is 113 Å². The molecule has 100 valence electrons. The fourth-order valence-corrected chi connectivity index (χ4v) is 2.10. The molecule has 0 saturated carbocycles. The molecule has 2 aromatic rings. The molecule has 1 unspecified atom stereocenters. The van der Waals surface area contributed by atoms with Gasteiger partial charge in [-0.15, -0.1) is 11.3 Å². The third-order valence-corrected chi connectivity index (χ3v) is 3.28. The summed E-state index contributed by atoms with van der Waals surface area (Å²) in [5.41, 5.74) is 0. The smallest absolute Gasteiger partial charge is 0.287 e. The number of aromatic nitrogens is 1. The molecule has 0 radical (unpaired) electrons. The van der Waals surface area contributed by atoms with Crippen molar-refractivity contribution in [2.75, 3.05) is 0 Å². The van der Waals surface area contributed by atoms with E-state index in [4.69, 9.17) is 4.42 Å². The van der Waals surface area contributed by atoms with Gasteiger partial charge in [0.05, 0.1) is 6.26 Å². The Balaban J connectivity index is 2.05. The number of carbonyl (C=O) groups is 2. The molecule has 1 N–H and O–H groups in total.